The first-order valence-electron chi connectivity index (χ1n) is 5.19. The summed E-state index contributed by atoms with van der Waals surface area (Å²) in [5, 5.41) is 0. The van der Waals surface area contributed by atoms with E-state index < -0.39 is 0 Å². The van der Waals surface area contributed by atoms with Gasteiger partial charge in [-0.2, -0.15) is 0 Å². The highest BCUT2D eigenvalue weighted by Crippen LogP contribution is 2.11. The van der Waals surface area contributed by atoms with Gasteiger partial charge in [-0.1, -0.05) is 13.5 Å². The molecule has 2 heterocycles. The predicted molar refractivity (Wildman–Crippen MR) is 55.5 cm³/mol. The summed E-state index contributed by atoms with van der Waals surface area (Å²) in [6.07, 6.45) is 1.97. The highest BCUT2D eigenvalue weighted by molar-refractivity contribution is 5.86. The fourth-order valence-electron chi connectivity index (χ4n) is 0.760. The third-order valence-corrected chi connectivity index (χ3v) is 2.01. The third kappa shape index (κ3) is 6.25. The van der Waals surface area contributed by atoms with Gasteiger partial charge in [-0.25, -0.2) is 4.79 Å². The highest BCUT2D eigenvalue weighted by Gasteiger charge is 2.24. The fraction of sp³-hybridized carbons (Fsp3) is 0.727. The van der Waals surface area contributed by atoms with E-state index in [2.05, 4.69) is 13.5 Å². The van der Waals surface area contributed by atoms with Gasteiger partial charge in [-0.3, -0.25) is 0 Å². The third-order valence-electron chi connectivity index (χ3n) is 2.01. The summed E-state index contributed by atoms with van der Waals surface area (Å²) in [6, 6.07) is 0. The molecule has 0 amide bonds. The average molecular weight is 214 g/mol. The standard InChI is InChI=1S/C7H10O3.C4H8O/c1-5(2)7(8)10-4-6-3-9-6;1-2-4-3-5-4/h6H,1,3-4H2,2H3;4H,2-3H2,1H3. The molecule has 0 radical (unpaired) electrons. The van der Waals surface area contributed by atoms with Gasteiger partial charge in [-0.15, -0.1) is 0 Å². The van der Waals surface area contributed by atoms with Crippen LogP contribution in [-0.2, 0) is 19.0 Å². The van der Waals surface area contributed by atoms with Gasteiger partial charge in [0.25, 0.3) is 0 Å². The van der Waals surface area contributed by atoms with E-state index in [-0.39, 0.29) is 12.1 Å². The Morgan fingerprint density at radius 3 is 2.20 bits per heavy atom. The van der Waals surface area contributed by atoms with Crippen LogP contribution in [0.5, 0.6) is 0 Å². The van der Waals surface area contributed by atoms with Gasteiger partial charge >= 0.3 is 5.97 Å². The summed E-state index contributed by atoms with van der Waals surface area (Å²) < 4.78 is 14.5. The number of hydrogen-bond donors (Lipinski definition) is 0. The van der Waals surface area contributed by atoms with E-state index in [1.165, 1.54) is 6.42 Å². The zero-order chi connectivity index (χ0) is 11.3. The molecule has 0 saturated carbocycles. The van der Waals surface area contributed by atoms with Crippen molar-refractivity contribution >= 4 is 5.97 Å². The highest BCUT2D eigenvalue weighted by atomic mass is 16.6. The lowest BCUT2D eigenvalue weighted by Gasteiger charge is -1.99. The van der Waals surface area contributed by atoms with Crippen molar-refractivity contribution in [3.8, 4) is 0 Å². The molecule has 2 fully saturated rings. The topological polar surface area (TPSA) is 51.4 Å². The number of rotatable bonds is 4. The molecule has 0 bridgehead atoms. The normalized spacial score (nSPS) is 26.0. The minimum absolute atomic E-state index is 0.142. The molecule has 0 spiro atoms. The number of ether oxygens (including phenoxy) is 3. The van der Waals surface area contributed by atoms with Gasteiger partial charge in [0.1, 0.15) is 12.7 Å². The van der Waals surface area contributed by atoms with Crippen molar-refractivity contribution in [2.75, 3.05) is 19.8 Å². The minimum atomic E-state index is -0.337. The molecule has 2 atom stereocenters. The summed E-state index contributed by atoms with van der Waals surface area (Å²) in [7, 11) is 0. The fourth-order valence-corrected chi connectivity index (χ4v) is 0.760. The van der Waals surface area contributed by atoms with E-state index in [0.717, 1.165) is 6.61 Å². The van der Waals surface area contributed by atoms with Crippen LogP contribution in [0.2, 0.25) is 0 Å². The quantitative estimate of drug-likeness (QED) is 0.402. The van der Waals surface area contributed by atoms with Crippen molar-refractivity contribution in [1.82, 2.24) is 0 Å². The molecular formula is C11H18O4. The molecule has 2 rings (SSSR count). The van der Waals surface area contributed by atoms with Gasteiger partial charge < -0.3 is 14.2 Å². The van der Waals surface area contributed by atoms with Crippen molar-refractivity contribution in [2.24, 2.45) is 0 Å². The van der Waals surface area contributed by atoms with E-state index in [1.807, 2.05) is 0 Å². The zero-order valence-corrected chi connectivity index (χ0v) is 9.32. The Labute approximate surface area is 90.2 Å². The number of carbonyl (C=O) groups is 1. The van der Waals surface area contributed by atoms with Crippen LogP contribution in [0.25, 0.3) is 0 Å². The zero-order valence-electron chi connectivity index (χ0n) is 9.32. The lowest BCUT2D eigenvalue weighted by atomic mass is 10.4. The van der Waals surface area contributed by atoms with Crippen LogP contribution in [0.4, 0.5) is 0 Å². The Balaban J connectivity index is 0.000000187. The van der Waals surface area contributed by atoms with Gasteiger partial charge in [0.2, 0.25) is 0 Å². The van der Waals surface area contributed by atoms with Crippen LogP contribution in [0.15, 0.2) is 12.2 Å². The Bertz CT molecular complexity index is 229. The SMILES string of the molecule is C=C(C)C(=O)OCC1CO1.CCC1CO1. The van der Waals surface area contributed by atoms with E-state index in [0.29, 0.717) is 24.9 Å². The van der Waals surface area contributed by atoms with Crippen molar-refractivity contribution < 1.29 is 19.0 Å². The maximum atomic E-state index is 10.7. The van der Waals surface area contributed by atoms with Crippen LogP contribution >= 0.6 is 0 Å². The second-order valence-electron chi connectivity index (χ2n) is 3.70. The Hall–Kier alpha value is -0.870. The second-order valence-corrected chi connectivity index (χ2v) is 3.70. The number of esters is 1. The van der Waals surface area contributed by atoms with Crippen LogP contribution < -0.4 is 0 Å². The molecule has 0 aromatic heterocycles. The maximum absolute atomic E-state index is 10.7. The molecule has 2 unspecified atom stereocenters. The monoisotopic (exact) mass is 214 g/mol. The maximum Gasteiger partial charge on any atom is 0.333 e. The van der Waals surface area contributed by atoms with E-state index in [1.54, 1.807) is 6.92 Å². The second kappa shape index (κ2) is 5.88. The lowest BCUT2D eigenvalue weighted by Crippen LogP contribution is -2.09. The van der Waals surface area contributed by atoms with Gasteiger partial charge in [0, 0.05) is 5.57 Å². The van der Waals surface area contributed by atoms with Crippen LogP contribution in [0, 0.1) is 0 Å². The summed E-state index contributed by atoms with van der Waals surface area (Å²) in [4.78, 5) is 10.7. The molecule has 2 saturated heterocycles. The van der Waals surface area contributed by atoms with Crippen LogP contribution in [0.3, 0.4) is 0 Å². The molecule has 0 aliphatic carbocycles. The summed E-state index contributed by atoms with van der Waals surface area (Å²) in [5.41, 5.74) is 0.431. The molecule has 2 aliphatic heterocycles. The van der Waals surface area contributed by atoms with Crippen molar-refractivity contribution in [3.05, 3.63) is 12.2 Å². The minimum Gasteiger partial charge on any atom is -0.459 e. The molecule has 4 nitrogen and oxygen atoms in total. The van der Waals surface area contributed by atoms with Gasteiger partial charge in [-0.05, 0) is 13.3 Å². The predicted octanol–water partition coefficient (Wildman–Crippen LogP) is 1.30. The largest absolute Gasteiger partial charge is 0.459 e. The van der Waals surface area contributed by atoms with Crippen molar-refractivity contribution in [3.63, 3.8) is 0 Å². The molecule has 0 aromatic carbocycles. The van der Waals surface area contributed by atoms with Crippen molar-refractivity contribution in [1.29, 1.82) is 0 Å². The molecule has 0 aromatic rings. The summed E-state index contributed by atoms with van der Waals surface area (Å²) in [6.45, 7) is 9.28. The Morgan fingerprint density at radius 2 is 1.93 bits per heavy atom. The number of hydrogen-bond acceptors (Lipinski definition) is 4. The molecule has 86 valence electrons. The van der Waals surface area contributed by atoms with Crippen molar-refractivity contribution in [2.45, 2.75) is 32.5 Å². The van der Waals surface area contributed by atoms with Gasteiger partial charge in [0.15, 0.2) is 0 Å². The molecule has 0 N–H and O–H groups in total. The first kappa shape index (κ1) is 12.2. The van der Waals surface area contributed by atoms with Crippen LogP contribution in [-0.4, -0.2) is 38.0 Å². The molecular weight excluding hydrogens is 196 g/mol. The smallest absolute Gasteiger partial charge is 0.333 e. The molecule has 15 heavy (non-hydrogen) atoms. The van der Waals surface area contributed by atoms with Gasteiger partial charge in [0.05, 0.1) is 19.3 Å². The van der Waals surface area contributed by atoms with E-state index in [9.17, 15) is 4.79 Å². The summed E-state index contributed by atoms with van der Waals surface area (Å²) >= 11 is 0. The molecule has 4 heteroatoms. The number of epoxide rings is 2. The number of carbonyl (C=O) groups excluding carboxylic acids is 1. The van der Waals surface area contributed by atoms with Crippen LogP contribution in [0.1, 0.15) is 20.3 Å². The average Bonchev–Trinajstić information content (AvgIpc) is 3.04. The lowest BCUT2D eigenvalue weighted by molar-refractivity contribution is -0.139. The molecule has 2 aliphatic rings. The van der Waals surface area contributed by atoms with E-state index >= 15 is 0 Å². The Morgan fingerprint density at radius 1 is 1.40 bits per heavy atom. The first-order chi connectivity index (χ1) is 7.13. The first-order valence-corrected chi connectivity index (χ1v) is 5.19. The van der Waals surface area contributed by atoms with E-state index in [4.69, 9.17) is 14.2 Å². The Kier molecular flexibility index (Phi) is 4.78. The summed E-state index contributed by atoms with van der Waals surface area (Å²) in [5.74, 6) is -0.337.